The summed E-state index contributed by atoms with van der Waals surface area (Å²) >= 11 is 0. The number of aliphatic hydroxyl groups excluding tert-OH is 1. The molecule has 1 atom stereocenters. The van der Waals surface area contributed by atoms with Crippen LogP contribution < -0.4 is 5.32 Å². The van der Waals surface area contributed by atoms with Gasteiger partial charge in [0.2, 0.25) is 0 Å². The molecule has 29 heavy (non-hydrogen) atoms. The van der Waals surface area contributed by atoms with Gasteiger partial charge in [-0.05, 0) is 44.5 Å². The van der Waals surface area contributed by atoms with E-state index in [1.54, 1.807) is 44.3 Å². The van der Waals surface area contributed by atoms with Gasteiger partial charge in [0.25, 0.3) is 0 Å². The molecule has 162 valence electrons. The molecule has 1 aromatic rings. The van der Waals surface area contributed by atoms with Crippen LogP contribution in [0, 0.1) is 0 Å². The van der Waals surface area contributed by atoms with Gasteiger partial charge < -0.3 is 29.5 Å². The third-order valence-corrected chi connectivity index (χ3v) is 3.68. The average Bonchev–Trinajstić information content (AvgIpc) is 2.67. The third-order valence-electron chi connectivity index (χ3n) is 3.68. The molecule has 0 aliphatic carbocycles. The molecule has 0 heterocycles. The normalized spacial score (nSPS) is 12.2. The number of esters is 1. The van der Waals surface area contributed by atoms with Crippen LogP contribution in [0.25, 0.3) is 6.08 Å². The van der Waals surface area contributed by atoms with Gasteiger partial charge in [0, 0.05) is 18.8 Å². The molecular weight excluding hydrogens is 376 g/mol. The molecule has 1 unspecified atom stereocenters. The Hall–Kier alpha value is -2.42. The Bertz CT molecular complexity index is 645. The average molecular weight is 408 g/mol. The SMILES string of the molecule is CCOC(=O)/C=C/c1ccc(NC(=O)N(C)CC(O)COCCOC(C)C)cc1. The highest BCUT2D eigenvalue weighted by atomic mass is 16.5. The fraction of sp³-hybridized carbons (Fsp3) is 0.524. The maximum atomic E-state index is 12.2. The number of carbonyl (C=O) groups excluding carboxylic acids is 2. The lowest BCUT2D eigenvalue weighted by Gasteiger charge is -2.21. The van der Waals surface area contributed by atoms with Crippen LogP contribution in [0.5, 0.6) is 0 Å². The van der Waals surface area contributed by atoms with Gasteiger partial charge in [0.1, 0.15) is 0 Å². The van der Waals surface area contributed by atoms with Crippen molar-refractivity contribution in [2.45, 2.75) is 33.0 Å². The first kappa shape index (κ1) is 24.6. The van der Waals surface area contributed by atoms with Gasteiger partial charge >= 0.3 is 12.0 Å². The largest absolute Gasteiger partial charge is 0.463 e. The molecule has 0 bridgehead atoms. The zero-order valence-corrected chi connectivity index (χ0v) is 17.6. The predicted molar refractivity (Wildman–Crippen MR) is 112 cm³/mol. The van der Waals surface area contributed by atoms with E-state index in [0.29, 0.717) is 25.5 Å². The van der Waals surface area contributed by atoms with Crippen LogP contribution in [-0.4, -0.2) is 74.2 Å². The van der Waals surface area contributed by atoms with Gasteiger partial charge in [0.05, 0.1) is 45.2 Å². The van der Waals surface area contributed by atoms with Crippen molar-refractivity contribution in [1.29, 1.82) is 0 Å². The van der Waals surface area contributed by atoms with Gasteiger partial charge in [-0.1, -0.05) is 12.1 Å². The number of likely N-dealkylation sites (N-methyl/N-ethyl adjacent to an activating group) is 1. The number of ether oxygens (including phenoxy) is 3. The zero-order valence-electron chi connectivity index (χ0n) is 17.6. The van der Waals surface area contributed by atoms with Crippen molar-refractivity contribution < 1.29 is 28.9 Å². The summed E-state index contributed by atoms with van der Waals surface area (Å²) in [7, 11) is 1.59. The number of nitrogens with zero attached hydrogens (tertiary/aromatic N) is 1. The third kappa shape index (κ3) is 11.2. The summed E-state index contributed by atoms with van der Waals surface area (Å²) in [4.78, 5) is 24.9. The number of carbonyl (C=O) groups is 2. The molecule has 0 aromatic heterocycles. The smallest absolute Gasteiger partial charge is 0.330 e. The maximum Gasteiger partial charge on any atom is 0.330 e. The van der Waals surface area contributed by atoms with Crippen LogP contribution in [-0.2, 0) is 19.0 Å². The van der Waals surface area contributed by atoms with E-state index in [1.807, 2.05) is 13.8 Å². The standard InChI is InChI=1S/C21H32N2O6/c1-5-28-20(25)11-8-17-6-9-18(10-7-17)22-21(26)23(4)14-19(24)15-27-12-13-29-16(2)3/h6-11,16,19,24H,5,12-15H2,1-4H3,(H,22,26)/b11-8+. The number of urea groups is 1. The predicted octanol–water partition coefficient (Wildman–Crippen LogP) is 2.53. The molecule has 1 aromatic carbocycles. The first-order valence-corrected chi connectivity index (χ1v) is 9.66. The van der Waals surface area contributed by atoms with Crippen molar-refractivity contribution in [2.75, 3.05) is 45.3 Å². The van der Waals surface area contributed by atoms with Gasteiger partial charge in [-0.15, -0.1) is 0 Å². The number of rotatable bonds is 12. The number of amides is 2. The number of nitrogens with one attached hydrogen (secondary N) is 1. The van der Waals surface area contributed by atoms with E-state index in [4.69, 9.17) is 14.2 Å². The second-order valence-corrected chi connectivity index (χ2v) is 6.67. The zero-order chi connectivity index (χ0) is 21.6. The number of hydrogen-bond acceptors (Lipinski definition) is 6. The first-order valence-electron chi connectivity index (χ1n) is 9.66. The Kier molecular flexibility index (Phi) is 11.6. The second kappa shape index (κ2) is 13.7. The van der Waals surface area contributed by atoms with Crippen LogP contribution >= 0.6 is 0 Å². The van der Waals surface area contributed by atoms with Crippen molar-refractivity contribution in [1.82, 2.24) is 4.90 Å². The fourth-order valence-electron chi connectivity index (χ4n) is 2.26. The van der Waals surface area contributed by atoms with Crippen molar-refractivity contribution in [3.8, 4) is 0 Å². The Morgan fingerprint density at radius 2 is 1.90 bits per heavy atom. The molecule has 0 saturated carbocycles. The maximum absolute atomic E-state index is 12.2. The number of anilines is 1. The molecule has 0 spiro atoms. The van der Waals surface area contributed by atoms with Gasteiger partial charge in [-0.25, -0.2) is 9.59 Å². The first-order chi connectivity index (χ1) is 13.8. The Labute approximate surface area is 172 Å². The molecule has 0 fully saturated rings. The van der Waals surface area contributed by atoms with Crippen LogP contribution in [0.15, 0.2) is 30.3 Å². The lowest BCUT2D eigenvalue weighted by atomic mass is 10.2. The molecular formula is C21H32N2O6. The molecule has 0 radical (unpaired) electrons. The summed E-state index contributed by atoms with van der Waals surface area (Å²) in [6.45, 7) is 7.07. The van der Waals surface area contributed by atoms with Gasteiger partial charge in [-0.2, -0.15) is 0 Å². The highest BCUT2D eigenvalue weighted by Crippen LogP contribution is 2.11. The van der Waals surface area contributed by atoms with Crippen LogP contribution in [0.2, 0.25) is 0 Å². The number of benzene rings is 1. The van der Waals surface area contributed by atoms with E-state index in [1.165, 1.54) is 11.0 Å². The number of hydrogen-bond donors (Lipinski definition) is 2. The van der Waals surface area contributed by atoms with E-state index < -0.39 is 12.1 Å². The van der Waals surface area contributed by atoms with E-state index >= 15 is 0 Å². The Balaban J connectivity index is 2.37. The quantitative estimate of drug-likeness (QED) is 0.313. The molecule has 0 aliphatic heterocycles. The summed E-state index contributed by atoms with van der Waals surface area (Å²) < 4.78 is 15.5. The molecule has 0 aliphatic rings. The summed E-state index contributed by atoms with van der Waals surface area (Å²) in [6, 6.07) is 6.65. The molecule has 2 N–H and O–H groups in total. The highest BCUT2D eigenvalue weighted by molar-refractivity contribution is 5.90. The van der Waals surface area contributed by atoms with Crippen molar-refractivity contribution in [3.05, 3.63) is 35.9 Å². The molecule has 1 rings (SSSR count). The lowest BCUT2D eigenvalue weighted by Crippen LogP contribution is -2.39. The minimum Gasteiger partial charge on any atom is -0.463 e. The summed E-state index contributed by atoms with van der Waals surface area (Å²) in [5, 5.41) is 12.7. The minimum atomic E-state index is -0.791. The fourth-order valence-corrected chi connectivity index (χ4v) is 2.26. The Morgan fingerprint density at radius 1 is 1.21 bits per heavy atom. The van der Waals surface area contributed by atoms with Gasteiger partial charge in [-0.3, -0.25) is 0 Å². The molecule has 8 nitrogen and oxygen atoms in total. The van der Waals surface area contributed by atoms with E-state index in [9.17, 15) is 14.7 Å². The van der Waals surface area contributed by atoms with Crippen molar-refractivity contribution >= 4 is 23.8 Å². The minimum absolute atomic E-state index is 0.126. The summed E-state index contributed by atoms with van der Waals surface area (Å²) in [6.07, 6.45) is 2.34. The Morgan fingerprint density at radius 3 is 2.52 bits per heavy atom. The highest BCUT2D eigenvalue weighted by Gasteiger charge is 2.14. The van der Waals surface area contributed by atoms with E-state index in [0.717, 1.165) is 5.56 Å². The van der Waals surface area contributed by atoms with E-state index in [2.05, 4.69) is 5.32 Å². The van der Waals surface area contributed by atoms with Crippen LogP contribution in [0.1, 0.15) is 26.3 Å². The van der Waals surface area contributed by atoms with Crippen LogP contribution in [0.3, 0.4) is 0 Å². The molecule has 0 saturated heterocycles. The van der Waals surface area contributed by atoms with E-state index in [-0.39, 0.29) is 25.3 Å². The van der Waals surface area contributed by atoms with Crippen molar-refractivity contribution in [3.63, 3.8) is 0 Å². The molecule has 2 amide bonds. The van der Waals surface area contributed by atoms with Gasteiger partial charge in [0.15, 0.2) is 0 Å². The number of aliphatic hydroxyl groups is 1. The molecule has 8 heteroatoms. The lowest BCUT2D eigenvalue weighted by molar-refractivity contribution is -0.137. The topological polar surface area (TPSA) is 97.3 Å². The van der Waals surface area contributed by atoms with Crippen LogP contribution in [0.4, 0.5) is 10.5 Å². The second-order valence-electron chi connectivity index (χ2n) is 6.67. The monoisotopic (exact) mass is 408 g/mol. The van der Waals surface area contributed by atoms with Crippen molar-refractivity contribution in [2.24, 2.45) is 0 Å². The summed E-state index contributed by atoms with van der Waals surface area (Å²) in [5.41, 5.74) is 1.41. The summed E-state index contributed by atoms with van der Waals surface area (Å²) in [5.74, 6) is -0.401.